The number of amides is 1. The molecular weight excluding hydrogens is 308 g/mol. The molecule has 7 nitrogen and oxygen atoms in total. The first-order valence-corrected chi connectivity index (χ1v) is 8.81. The number of piperidine rings is 1. The van der Waals surface area contributed by atoms with Crippen molar-refractivity contribution in [2.45, 2.75) is 31.7 Å². The van der Waals surface area contributed by atoms with Gasteiger partial charge >= 0.3 is 0 Å². The van der Waals surface area contributed by atoms with Gasteiger partial charge in [-0.15, -0.1) is 0 Å². The second kappa shape index (κ2) is 10.3. The standard InChI is InChI=1S/C17H28N4O3/c18-13-15(14-21-6-2-1-3-16(21)4-10-22)17(23)19-5-7-20-8-11-24-12-9-20/h14,16,22H,1-12H2,(H,19,23)/b15-14-. The van der Waals surface area contributed by atoms with Crippen LogP contribution in [0.3, 0.4) is 0 Å². The van der Waals surface area contributed by atoms with Crippen molar-refractivity contribution in [2.24, 2.45) is 0 Å². The van der Waals surface area contributed by atoms with E-state index in [2.05, 4.69) is 10.2 Å². The summed E-state index contributed by atoms with van der Waals surface area (Å²) in [6, 6.07) is 2.23. The lowest BCUT2D eigenvalue weighted by Gasteiger charge is -2.34. The van der Waals surface area contributed by atoms with Gasteiger partial charge in [0.1, 0.15) is 11.6 Å². The molecule has 0 aromatic carbocycles. The lowest BCUT2D eigenvalue weighted by molar-refractivity contribution is -0.117. The molecule has 0 aromatic heterocycles. The van der Waals surface area contributed by atoms with Crippen LogP contribution in [0.15, 0.2) is 11.8 Å². The number of hydrogen-bond acceptors (Lipinski definition) is 6. The van der Waals surface area contributed by atoms with Gasteiger partial charge in [0.15, 0.2) is 0 Å². The lowest BCUT2D eigenvalue weighted by atomic mass is 10.00. The Morgan fingerprint density at radius 3 is 2.83 bits per heavy atom. The van der Waals surface area contributed by atoms with Gasteiger partial charge in [0, 0.05) is 51.6 Å². The highest BCUT2D eigenvalue weighted by molar-refractivity contribution is 5.97. The summed E-state index contributed by atoms with van der Waals surface area (Å²) < 4.78 is 5.29. The summed E-state index contributed by atoms with van der Waals surface area (Å²) in [6.07, 6.45) is 5.52. The Morgan fingerprint density at radius 1 is 1.33 bits per heavy atom. The SMILES string of the molecule is N#C/C(=C/N1CCCCC1CCO)C(=O)NCCN1CCOCC1. The first-order chi connectivity index (χ1) is 11.7. The molecule has 134 valence electrons. The van der Waals surface area contributed by atoms with Gasteiger partial charge in [-0.2, -0.15) is 5.26 Å². The number of aliphatic hydroxyl groups excluding tert-OH is 1. The Kier molecular flexibility index (Phi) is 8.02. The van der Waals surface area contributed by atoms with Crippen molar-refractivity contribution in [3.8, 4) is 6.07 Å². The highest BCUT2D eigenvalue weighted by Gasteiger charge is 2.21. The first kappa shape index (κ1) is 18.7. The van der Waals surface area contributed by atoms with Gasteiger partial charge in [0.05, 0.1) is 13.2 Å². The van der Waals surface area contributed by atoms with Crippen LogP contribution < -0.4 is 5.32 Å². The van der Waals surface area contributed by atoms with Crippen molar-refractivity contribution >= 4 is 5.91 Å². The Balaban J connectivity index is 1.84. The maximum Gasteiger partial charge on any atom is 0.263 e. The Morgan fingerprint density at radius 2 is 2.12 bits per heavy atom. The summed E-state index contributed by atoms with van der Waals surface area (Å²) in [5.41, 5.74) is 0.141. The molecule has 0 radical (unpaired) electrons. The molecule has 2 aliphatic rings. The van der Waals surface area contributed by atoms with Crippen LogP contribution in [0.25, 0.3) is 0 Å². The third-order valence-corrected chi connectivity index (χ3v) is 4.61. The zero-order valence-electron chi connectivity index (χ0n) is 14.2. The van der Waals surface area contributed by atoms with Crippen molar-refractivity contribution in [3.05, 3.63) is 11.8 Å². The zero-order chi connectivity index (χ0) is 17.2. The van der Waals surface area contributed by atoms with Crippen molar-refractivity contribution in [1.29, 1.82) is 5.26 Å². The smallest absolute Gasteiger partial charge is 0.263 e. The number of ether oxygens (including phenoxy) is 1. The third kappa shape index (κ3) is 5.78. The van der Waals surface area contributed by atoms with Gasteiger partial charge in [-0.25, -0.2) is 0 Å². The topological polar surface area (TPSA) is 88.8 Å². The highest BCUT2D eigenvalue weighted by atomic mass is 16.5. The second-order valence-corrected chi connectivity index (χ2v) is 6.26. The molecule has 7 heteroatoms. The minimum absolute atomic E-state index is 0.128. The maximum atomic E-state index is 12.2. The molecule has 1 unspecified atom stereocenters. The molecule has 1 amide bonds. The Hall–Kier alpha value is -1.62. The molecule has 0 bridgehead atoms. The van der Waals surface area contributed by atoms with Gasteiger partial charge in [-0.3, -0.25) is 9.69 Å². The molecular formula is C17H28N4O3. The average molecular weight is 336 g/mol. The molecule has 2 aliphatic heterocycles. The average Bonchev–Trinajstić information content (AvgIpc) is 2.62. The van der Waals surface area contributed by atoms with Crippen molar-refractivity contribution in [2.75, 3.05) is 52.5 Å². The van der Waals surface area contributed by atoms with E-state index in [0.717, 1.165) is 58.7 Å². The molecule has 1 atom stereocenters. The van der Waals surface area contributed by atoms with E-state index in [-0.39, 0.29) is 24.1 Å². The van der Waals surface area contributed by atoms with Crippen LogP contribution in [0.2, 0.25) is 0 Å². The molecule has 0 aromatic rings. The Bertz CT molecular complexity index is 467. The first-order valence-electron chi connectivity index (χ1n) is 8.81. The van der Waals surface area contributed by atoms with Crippen LogP contribution in [0.4, 0.5) is 0 Å². The van der Waals surface area contributed by atoms with Crippen molar-refractivity contribution in [1.82, 2.24) is 15.1 Å². The molecule has 2 saturated heterocycles. The summed E-state index contributed by atoms with van der Waals surface area (Å²) in [7, 11) is 0. The largest absolute Gasteiger partial charge is 0.396 e. The predicted octanol–water partition coefficient (Wildman–Crippen LogP) is 0.0792. The van der Waals surface area contributed by atoms with E-state index < -0.39 is 0 Å². The van der Waals surface area contributed by atoms with Crippen LogP contribution in [-0.2, 0) is 9.53 Å². The number of carbonyl (C=O) groups excluding carboxylic acids is 1. The van der Waals surface area contributed by atoms with E-state index >= 15 is 0 Å². The fraction of sp³-hybridized carbons (Fsp3) is 0.765. The predicted molar refractivity (Wildman–Crippen MR) is 90.0 cm³/mol. The fourth-order valence-electron chi connectivity index (χ4n) is 3.20. The number of rotatable bonds is 7. The quantitative estimate of drug-likeness (QED) is 0.506. The number of carbonyl (C=O) groups is 1. The van der Waals surface area contributed by atoms with Crippen LogP contribution in [0.5, 0.6) is 0 Å². The summed E-state index contributed by atoms with van der Waals surface area (Å²) in [5.74, 6) is -0.320. The van der Waals surface area contributed by atoms with Crippen LogP contribution in [-0.4, -0.2) is 79.4 Å². The Labute approximate surface area is 143 Å². The molecule has 0 spiro atoms. The number of morpholine rings is 1. The van der Waals surface area contributed by atoms with E-state index in [1.54, 1.807) is 6.20 Å². The summed E-state index contributed by atoms with van der Waals surface area (Å²) in [6.45, 7) is 5.49. The number of aliphatic hydroxyl groups is 1. The van der Waals surface area contributed by atoms with Crippen LogP contribution in [0, 0.1) is 11.3 Å². The molecule has 24 heavy (non-hydrogen) atoms. The summed E-state index contributed by atoms with van der Waals surface area (Å²) >= 11 is 0. The maximum absolute atomic E-state index is 12.2. The number of nitriles is 1. The number of hydrogen-bond donors (Lipinski definition) is 2. The summed E-state index contributed by atoms with van der Waals surface area (Å²) in [5, 5.41) is 21.3. The fourth-order valence-corrected chi connectivity index (χ4v) is 3.20. The second-order valence-electron chi connectivity index (χ2n) is 6.26. The van der Waals surface area contributed by atoms with Gasteiger partial charge < -0.3 is 20.1 Å². The highest BCUT2D eigenvalue weighted by Crippen LogP contribution is 2.20. The lowest BCUT2D eigenvalue weighted by Crippen LogP contribution is -2.42. The number of nitrogens with zero attached hydrogens (tertiary/aromatic N) is 3. The monoisotopic (exact) mass is 336 g/mol. The normalized spacial score (nSPS) is 22.9. The minimum Gasteiger partial charge on any atom is -0.396 e. The van der Waals surface area contributed by atoms with Crippen LogP contribution >= 0.6 is 0 Å². The summed E-state index contributed by atoms with van der Waals surface area (Å²) in [4.78, 5) is 16.5. The van der Waals surface area contributed by atoms with Gasteiger partial charge in [-0.05, 0) is 25.7 Å². The number of nitrogens with one attached hydrogen (secondary N) is 1. The van der Waals surface area contributed by atoms with E-state index in [9.17, 15) is 15.2 Å². The third-order valence-electron chi connectivity index (χ3n) is 4.61. The van der Waals surface area contributed by atoms with Crippen molar-refractivity contribution in [3.63, 3.8) is 0 Å². The minimum atomic E-state index is -0.320. The van der Waals surface area contributed by atoms with E-state index in [1.165, 1.54) is 0 Å². The zero-order valence-corrected chi connectivity index (χ0v) is 14.2. The van der Waals surface area contributed by atoms with Crippen molar-refractivity contribution < 1.29 is 14.6 Å². The van der Waals surface area contributed by atoms with E-state index in [0.29, 0.717) is 13.0 Å². The molecule has 0 saturated carbocycles. The molecule has 2 rings (SSSR count). The van der Waals surface area contributed by atoms with E-state index in [1.807, 2.05) is 11.0 Å². The van der Waals surface area contributed by atoms with Crippen LogP contribution in [0.1, 0.15) is 25.7 Å². The molecule has 2 N–H and O–H groups in total. The van der Waals surface area contributed by atoms with Gasteiger partial charge in [0.25, 0.3) is 5.91 Å². The van der Waals surface area contributed by atoms with E-state index in [4.69, 9.17) is 4.74 Å². The molecule has 0 aliphatic carbocycles. The van der Waals surface area contributed by atoms with Gasteiger partial charge in [-0.1, -0.05) is 0 Å². The van der Waals surface area contributed by atoms with Gasteiger partial charge in [0.2, 0.25) is 0 Å². The molecule has 2 fully saturated rings. The number of likely N-dealkylation sites (tertiary alicyclic amines) is 1. The molecule has 2 heterocycles.